The van der Waals surface area contributed by atoms with Gasteiger partial charge in [-0.1, -0.05) is 0 Å². The molecule has 0 aliphatic carbocycles. The summed E-state index contributed by atoms with van der Waals surface area (Å²) in [5.41, 5.74) is -1.51. The summed E-state index contributed by atoms with van der Waals surface area (Å²) >= 11 is 0. The van der Waals surface area contributed by atoms with Gasteiger partial charge in [-0.25, -0.2) is 4.79 Å². The minimum absolute atomic E-state index is 0.739. The van der Waals surface area contributed by atoms with Crippen LogP contribution in [0.3, 0.4) is 0 Å². The lowest BCUT2D eigenvalue weighted by Crippen LogP contribution is -2.50. The van der Waals surface area contributed by atoms with E-state index in [0.29, 0.717) is 0 Å². The highest BCUT2D eigenvalue weighted by Gasteiger charge is 2.36. The average Bonchev–Trinajstić information content (AvgIpc) is 2.11. The zero-order valence-corrected chi connectivity index (χ0v) is 9.26. The molecule has 0 aromatic heterocycles. The molecule has 0 saturated heterocycles. The van der Waals surface area contributed by atoms with E-state index in [1.54, 1.807) is 0 Å². The van der Waals surface area contributed by atoms with E-state index < -0.39 is 36.4 Å². The van der Waals surface area contributed by atoms with Gasteiger partial charge in [0.25, 0.3) is 0 Å². The molecule has 0 heterocycles. The molecule has 0 rings (SSSR count). The molecule has 4 nitrogen and oxygen atoms in total. The maximum absolute atomic E-state index is 11.8. The van der Waals surface area contributed by atoms with Gasteiger partial charge in [-0.15, -0.1) is 0 Å². The molecule has 1 amide bonds. The molecule has 0 aliphatic heterocycles. The molecule has 0 saturated carbocycles. The average molecular weight is 241 g/mol. The number of halogens is 3. The Labute approximate surface area is 91.0 Å². The van der Waals surface area contributed by atoms with Gasteiger partial charge in [0.2, 0.25) is 5.91 Å². The van der Waals surface area contributed by atoms with Crippen molar-refractivity contribution in [3.63, 3.8) is 0 Å². The summed E-state index contributed by atoms with van der Waals surface area (Å²) < 4.78 is 35.5. The highest BCUT2D eigenvalue weighted by Crippen LogP contribution is 2.23. The number of likely N-dealkylation sites (N-methyl/N-ethyl adjacent to an activating group) is 1. The highest BCUT2D eigenvalue weighted by atomic mass is 19.4. The molecule has 0 aromatic carbocycles. The van der Waals surface area contributed by atoms with E-state index in [0.717, 1.165) is 4.90 Å². The Balaban J connectivity index is 4.46. The van der Waals surface area contributed by atoms with Crippen molar-refractivity contribution >= 4 is 11.9 Å². The van der Waals surface area contributed by atoms with Gasteiger partial charge in [0, 0.05) is 13.5 Å². The number of carboxylic acids is 1. The minimum atomic E-state index is -4.41. The summed E-state index contributed by atoms with van der Waals surface area (Å²) in [5.74, 6) is -2.11. The summed E-state index contributed by atoms with van der Waals surface area (Å²) in [6.45, 7) is 2.50. The van der Waals surface area contributed by atoms with Gasteiger partial charge in [0.1, 0.15) is 5.54 Å². The number of carbonyl (C=O) groups excluding carboxylic acids is 1. The fourth-order valence-corrected chi connectivity index (χ4v) is 0.872. The van der Waals surface area contributed by atoms with Crippen LogP contribution in [0.4, 0.5) is 13.2 Å². The molecule has 0 bridgehead atoms. The molecular weight excluding hydrogens is 227 g/mol. The van der Waals surface area contributed by atoms with Crippen LogP contribution in [0.5, 0.6) is 0 Å². The van der Waals surface area contributed by atoms with Crippen molar-refractivity contribution in [2.24, 2.45) is 0 Å². The van der Waals surface area contributed by atoms with E-state index in [1.165, 1.54) is 20.9 Å². The predicted molar refractivity (Wildman–Crippen MR) is 49.8 cm³/mol. The van der Waals surface area contributed by atoms with Crippen molar-refractivity contribution in [2.75, 3.05) is 7.05 Å². The Kier molecular flexibility index (Phi) is 4.34. The maximum atomic E-state index is 11.8. The number of carboxylic acid groups (broad SMARTS) is 1. The smallest absolute Gasteiger partial charge is 0.389 e. The lowest BCUT2D eigenvalue weighted by atomic mass is 10.0. The minimum Gasteiger partial charge on any atom is -0.480 e. The standard InChI is InChI=1S/C9H14F3NO3/c1-8(2,7(15)16)13(3)6(14)4-5-9(10,11)12/h4-5H2,1-3H3,(H,15,16). The van der Waals surface area contributed by atoms with Gasteiger partial charge in [-0.3, -0.25) is 4.79 Å². The summed E-state index contributed by atoms with van der Waals surface area (Å²) in [4.78, 5) is 22.9. The van der Waals surface area contributed by atoms with Crippen LogP contribution in [0.1, 0.15) is 26.7 Å². The first kappa shape index (κ1) is 14.7. The number of rotatable bonds is 4. The van der Waals surface area contributed by atoms with E-state index in [4.69, 9.17) is 5.11 Å². The van der Waals surface area contributed by atoms with Crippen molar-refractivity contribution in [2.45, 2.75) is 38.4 Å². The van der Waals surface area contributed by atoms with E-state index in [2.05, 4.69) is 0 Å². The van der Waals surface area contributed by atoms with Crippen LogP contribution in [-0.4, -0.2) is 40.6 Å². The fraction of sp³-hybridized carbons (Fsp3) is 0.778. The van der Waals surface area contributed by atoms with Crippen LogP contribution < -0.4 is 0 Å². The molecule has 1 N–H and O–H groups in total. The molecule has 0 fully saturated rings. The maximum Gasteiger partial charge on any atom is 0.389 e. The van der Waals surface area contributed by atoms with Gasteiger partial charge in [-0.2, -0.15) is 13.2 Å². The normalized spacial score (nSPS) is 12.4. The molecule has 0 aromatic rings. The van der Waals surface area contributed by atoms with Crippen molar-refractivity contribution in [3.8, 4) is 0 Å². The molecule has 0 atom stereocenters. The molecule has 16 heavy (non-hydrogen) atoms. The van der Waals surface area contributed by atoms with Crippen molar-refractivity contribution in [3.05, 3.63) is 0 Å². The van der Waals surface area contributed by atoms with Crippen LogP contribution >= 0.6 is 0 Å². The Morgan fingerprint density at radius 1 is 1.25 bits per heavy atom. The first-order chi connectivity index (χ1) is 6.98. The second kappa shape index (κ2) is 4.71. The van der Waals surface area contributed by atoms with Crippen LogP contribution in [-0.2, 0) is 9.59 Å². The van der Waals surface area contributed by atoms with E-state index in [-0.39, 0.29) is 0 Å². The quantitative estimate of drug-likeness (QED) is 0.814. The highest BCUT2D eigenvalue weighted by molar-refractivity contribution is 5.86. The van der Waals surface area contributed by atoms with Crippen molar-refractivity contribution in [1.82, 2.24) is 4.90 Å². The lowest BCUT2D eigenvalue weighted by Gasteiger charge is -2.31. The zero-order chi connectivity index (χ0) is 13.1. The third-order valence-corrected chi connectivity index (χ3v) is 2.36. The topological polar surface area (TPSA) is 57.6 Å². The summed E-state index contributed by atoms with van der Waals surface area (Å²) in [5, 5.41) is 8.77. The van der Waals surface area contributed by atoms with Gasteiger partial charge >= 0.3 is 12.1 Å². The van der Waals surface area contributed by atoms with E-state index in [1.807, 2.05) is 0 Å². The van der Waals surface area contributed by atoms with Crippen LogP contribution in [0.15, 0.2) is 0 Å². The third-order valence-electron chi connectivity index (χ3n) is 2.36. The Morgan fingerprint density at radius 3 is 2.00 bits per heavy atom. The fourth-order valence-electron chi connectivity index (χ4n) is 0.872. The molecule has 0 unspecified atom stereocenters. The van der Waals surface area contributed by atoms with Crippen LogP contribution in [0.25, 0.3) is 0 Å². The Bertz CT molecular complexity index is 286. The first-order valence-corrected chi connectivity index (χ1v) is 4.55. The van der Waals surface area contributed by atoms with Crippen LogP contribution in [0, 0.1) is 0 Å². The molecular formula is C9H14F3NO3. The number of alkyl halides is 3. The second-order valence-electron chi connectivity index (χ2n) is 3.93. The molecule has 0 radical (unpaired) electrons. The number of amides is 1. The Hall–Kier alpha value is -1.27. The number of aliphatic carboxylic acids is 1. The largest absolute Gasteiger partial charge is 0.480 e. The van der Waals surface area contributed by atoms with Gasteiger partial charge < -0.3 is 10.0 Å². The Morgan fingerprint density at radius 2 is 1.69 bits per heavy atom. The second-order valence-corrected chi connectivity index (χ2v) is 3.93. The van der Waals surface area contributed by atoms with Gasteiger partial charge in [0.05, 0.1) is 6.42 Å². The molecule has 0 aliphatic rings. The number of carbonyl (C=O) groups is 2. The van der Waals surface area contributed by atoms with Gasteiger partial charge in [0.15, 0.2) is 0 Å². The lowest BCUT2D eigenvalue weighted by molar-refractivity contribution is -0.159. The SMILES string of the molecule is CN(C(=O)CCC(F)(F)F)C(C)(C)C(=O)O. The van der Waals surface area contributed by atoms with E-state index in [9.17, 15) is 22.8 Å². The molecule has 0 spiro atoms. The van der Waals surface area contributed by atoms with E-state index >= 15 is 0 Å². The first-order valence-electron chi connectivity index (χ1n) is 4.55. The van der Waals surface area contributed by atoms with Crippen LogP contribution in [0.2, 0.25) is 0 Å². The summed E-state index contributed by atoms with van der Waals surface area (Å²) in [6.07, 6.45) is -6.40. The third kappa shape index (κ3) is 4.08. The van der Waals surface area contributed by atoms with Crippen molar-refractivity contribution < 1.29 is 27.9 Å². The molecule has 7 heteroatoms. The summed E-state index contributed by atoms with van der Waals surface area (Å²) in [6, 6.07) is 0. The number of hydrogen-bond acceptors (Lipinski definition) is 2. The van der Waals surface area contributed by atoms with Crippen molar-refractivity contribution in [1.29, 1.82) is 0 Å². The van der Waals surface area contributed by atoms with Gasteiger partial charge in [-0.05, 0) is 13.8 Å². The summed E-state index contributed by atoms with van der Waals surface area (Å²) in [7, 11) is 1.17. The monoisotopic (exact) mass is 241 g/mol. The number of nitrogens with zero attached hydrogens (tertiary/aromatic N) is 1. The predicted octanol–water partition coefficient (Wildman–Crippen LogP) is 1.65. The zero-order valence-electron chi connectivity index (χ0n) is 9.26. The molecule has 94 valence electrons. The number of hydrogen-bond donors (Lipinski definition) is 1.